The van der Waals surface area contributed by atoms with Crippen LogP contribution in [0.25, 0.3) is 16.6 Å². The van der Waals surface area contributed by atoms with Gasteiger partial charge in [-0.2, -0.15) is 4.68 Å². The van der Waals surface area contributed by atoms with Gasteiger partial charge in [-0.15, -0.1) is 5.10 Å². The van der Waals surface area contributed by atoms with E-state index in [1.165, 1.54) is 16.5 Å². The Hall–Kier alpha value is -2.64. The number of aromatic nitrogens is 5. The molecule has 4 rings (SSSR count). The number of tetrazole rings is 1. The fourth-order valence-corrected chi connectivity index (χ4v) is 4.30. The molecule has 6 nitrogen and oxygen atoms in total. The zero-order valence-corrected chi connectivity index (χ0v) is 17.5. The number of fused-ring (bicyclic) bond motifs is 1. The summed E-state index contributed by atoms with van der Waals surface area (Å²) in [6.45, 7) is 5.14. The molecular weight excluding hydrogens is 380 g/mol. The molecular formula is C22H26N6S. The molecule has 0 amide bonds. The Morgan fingerprint density at radius 1 is 1.03 bits per heavy atom. The second kappa shape index (κ2) is 9.71. The van der Waals surface area contributed by atoms with Crippen LogP contribution in [0, 0.1) is 0 Å². The van der Waals surface area contributed by atoms with Crippen molar-refractivity contribution in [3.63, 3.8) is 0 Å². The van der Waals surface area contributed by atoms with Crippen LogP contribution in [-0.4, -0.2) is 37.1 Å². The number of nitrogens with zero attached hydrogens (tertiary/aromatic N) is 5. The predicted molar refractivity (Wildman–Crippen MR) is 118 cm³/mol. The lowest BCUT2D eigenvalue weighted by Crippen LogP contribution is -2.15. The van der Waals surface area contributed by atoms with E-state index in [-0.39, 0.29) is 0 Å². The Bertz CT molecular complexity index is 1040. The van der Waals surface area contributed by atoms with Gasteiger partial charge in [0.1, 0.15) is 0 Å². The maximum atomic E-state index is 4.15. The first-order chi connectivity index (χ1) is 14.4. The van der Waals surface area contributed by atoms with Crippen LogP contribution in [0.5, 0.6) is 0 Å². The number of rotatable bonds is 10. The summed E-state index contributed by atoms with van der Waals surface area (Å²) in [6, 6.07) is 18.7. The highest BCUT2D eigenvalue weighted by atomic mass is 32.2. The zero-order chi connectivity index (χ0) is 19.9. The number of hydrogen-bond acceptors (Lipinski definition) is 5. The molecule has 0 saturated carbocycles. The normalized spacial score (nSPS) is 11.3. The number of hydrogen-bond donors (Lipinski definition) is 1. The first kappa shape index (κ1) is 19.7. The number of thioether (sulfide) groups is 1. The highest BCUT2D eigenvalue weighted by molar-refractivity contribution is 7.99. The first-order valence-corrected chi connectivity index (χ1v) is 11.1. The molecule has 0 saturated heterocycles. The number of aryl methyl sites for hydroxylation is 1. The van der Waals surface area contributed by atoms with Gasteiger partial charge >= 0.3 is 0 Å². The lowest BCUT2D eigenvalue weighted by atomic mass is 10.2. The van der Waals surface area contributed by atoms with E-state index in [4.69, 9.17) is 0 Å². The van der Waals surface area contributed by atoms with Crippen LogP contribution in [0.2, 0.25) is 0 Å². The summed E-state index contributed by atoms with van der Waals surface area (Å²) in [5.41, 5.74) is 3.69. The fourth-order valence-electron chi connectivity index (χ4n) is 3.47. The van der Waals surface area contributed by atoms with Crippen molar-refractivity contribution in [2.75, 3.05) is 12.3 Å². The Morgan fingerprint density at radius 2 is 1.86 bits per heavy atom. The summed E-state index contributed by atoms with van der Waals surface area (Å²) in [6.07, 6.45) is 4.50. The van der Waals surface area contributed by atoms with Crippen molar-refractivity contribution in [2.45, 2.75) is 38.0 Å². The Morgan fingerprint density at radius 3 is 2.72 bits per heavy atom. The Labute approximate surface area is 175 Å². The summed E-state index contributed by atoms with van der Waals surface area (Å²) in [4.78, 5) is 0. The molecule has 0 aliphatic rings. The number of benzene rings is 2. The molecule has 7 heteroatoms. The maximum absolute atomic E-state index is 4.15. The van der Waals surface area contributed by atoms with Crippen LogP contribution >= 0.6 is 11.8 Å². The lowest BCUT2D eigenvalue weighted by Gasteiger charge is -2.05. The van der Waals surface area contributed by atoms with Crippen molar-refractivity contribution in [1.82, 2.24) is 30.1 Å². The highest BCUT2D eigenvalue weighted by Gasteiger charge is 2.09. The van der Waals surface area contributed by atoms with E-state index in [0.29, 0.717) is 0 Å². The van der Waals surface area contributed by atoms with Gasteiger partial charge in [-0.3, -0.25) is 0 Å². The molecule has 0 spiro atoms. The van der Waals surface area contributed by atoms with Gasteiger partial charge in [0.25, 0.3) is 0 Å². The molecule has 4 aromatic rings. The second-order valence-corrected chi connectivity index (χ2v) is 8.01. The van der Waals surface area contributed by atoms with Gasteiger partial charge in [0.2, 0.25) is 5.16 Å². The summed E-state index contributed by atoms with van der Waals surface area (Å²) >= 11 is 1.69. The van der Waals surface area contributed by atoms with E-state index in [1.54, 1.807) is 16.4 Å². The van der Waals surface area contributed by atoms with Crippen LogP contribution < -0.4 is 5.32 Å². The van der Waals surface area contributed by atoms with Crippen molar-refractivity contribution in [3.8, 4) is 5.69 Å². The van der Waals surface area contributed by atoms with E-state index < -0.39 is 0 Å². The van der Waals surface area contributed by atoms with Gasteiger partial charge < -0.3 is 9.88 Å². The summed E-state index contributed by atoms with van der Waals surface area (Å²) < 4.78 is 4.16. The minimum absolute atomic E-state index is 0.832. The molecule has 0 aliphatic carbocycles. The van der Waals surface area contributed by atoms with Crippen molar-refractivity contribution in [3.05, 3.63) is 66.4 Å². The van der Waals surface area contributed by atoms with Gasteiger partial charge in [-0.25, -0.2) is 0 Å². The van der Waals surface area contributed by atoms with Crippen LogP contribution in [0.15, 0.2) is 66.0 Å². The molecule has 2 heterocycles. The molecule has 2 aromatic carbocycles. The van der Waals surface area contributed by atoms with Crippen molar-refractivity contribution >= 4 is 22.7 Å². The molecule has 0 unspecified atom stereocenters. The van der Waals surface area contributed by atoms with E-state index >= 15 is 0 Å². The third-order valence-electron chi connectivity index (χ3n) is 4.82. The fraction of sp³-hybridized carbons (Fsp3) is 0.318. The third kappa shape index (κ3) is 4.68. The lowest BCUT2D eigenvalue weighted by molar-refractivity contribution is 0.668. The van der Waals surface area contributed by atoms with Gasteiger partial charge in [0.05, 0.1) is 5.69 Å². The van der Waals surface area contributed by atoms with Gasteiger partial charge in [0.15, 0.2) is 0 Å². The van der Waals surface area contributed by atoms with Crippen LogP contribution in [0.3, 0.4) is 0 Å². The average molecular weight is 407 g/mol. The number of nitrogens with one attached hydrogen (secondary N) is 1. The van der Waals surface area contributed by atoms with E-state index in [1.807, 2.05) is 30.3 Å². The van der Waals surface area contributed by atoms with E-state index in [9.17, 15) is 0 Å². The molecule has 0 bridgehead atoms. The standard InChI is InChI=1S/C22H26N6S/c1-2-14-27-17-18(20-11-6-7-12-21(20)27)16-23-13-8-15-29-22-24-25-26-28(22)19-9-4-3-5-10-19/h3-7,9-12,17,23H,2,8,13-16H2,1H3. The average Bonchev–Trinajstić information content (AvgIpc) is 3.37. The monoisotopic (exact) mass is 406 g/mol. The Kier molecular flexibility index (Phi) is 6.59. The molecule has 0 radical (unpaired) electrons. The number of para-hydroxylation sites is 2. The summed E-state index contributed by atoms with van der Waals surface area (Å²) in [5, 5.41) is 17.9. The summed E-state index contributed by atoms with van der Waals surface area (Å²) in [7, 11) is 0. The predicted octanol–water partition coefficient (Wildman–Crippen LogP) is 4.30. The largest absolute Gasteiger partial charge is 0.347 e. The van der Waals surface area contributed by atoms with Crippen molar-refractivity contribution in [1.29, 1.82) is 0 Å². The highest BCUT2D eigenvalue weighted by Crippen LogP contribution is 2.22. The minimum Gasteiger partial charge on any atom is -0.347 e. The Balaban J connectivity index is 1.26. The van der Waals surface area contributed by atoms with Crippen LogP contribution in [-0.2, 0) is 13.1 Å². The topological polar surface area (TPSA) is 60.6 Å². The van der Waals surface area contributed by atoms with Gasteiger partial charge in [-0.1, -0.05) is 55.1 Å². The zero-order valence-electron chi connectivity index (χ0n) is 16.7. The van der Waals surface area contributed by atoms with Crippen molar-refractivity contribution in [2.24, 2.45) is 0 Å². The molecule has 150 valence electrons. The minimum atomic E-state index is 0.832. The molecule has 2 aromatic heterocycles. The second-order valence-electron chi connectivity index (χ2n) is 6.95. The quantitative estimate of drug-likeness (QED) is 0.314. The maximum Gasteiger partial charge on any atom is 0.214 e. The third-order valence-corrected chi connectivity index (χ3v) is 5.83. The van der Waals surface area contributed by atoms with Crippen LogP contribution in [0.4, 0.5) is 0 Å². The molecule has 0 atom stereocenters. The molecule has 0 aliphatic heterocycles. The smallest absolute Gasteiger partial charge is 0.214 e. The SMILES string of the molecule is CCCn1cc(CNCCCSc2nnnn2-c2ccccc2)c2ccccc21. The van der Waals surface area contributed by atoms with E-state index in [0.717, 1.165) is 49.1 Å². The van der Waals surface area contributed by atoms with Gasteiger partial charge in [0, 0.05) is 35.9 Å². The van der Waals surface area contributed by atoms with Crippen LogP contribution in [0.1, 0.15) is 25.3 Å². The van der Waals surface area contributed by atoms with E-state index in [2.05, 4.69) is 62.8 Å². The first-order valence-electron chi connectivity index (χ1n) is 10.1. The summed E-state index contributed by atoms with van der Waals surface area (Å²) in [5.74, 6) is 0.970. The van der Waals surface area contributed by atoms with Gasteiger partial charge in [-0.05, 0) is 53.6 Å². The molecule has 29 heavy (non-hydrogen) atoms. The molecule has 1 N–H and O–H groups in total. The van der Waals surface area contributed by atoms with Crippen molar-refractivity contribution < 1.29 is 0 Å². The molecule has 0 fully saturated rings.